The Morgan fingerprint density at radius 3 is 2.53 bits per heavy atom. The van der Waals surface area contributed by atoms with Crippen molar-refractivity contribution in [3.05, 3.63) is 41.6 Å². The van der Waals surface area contributed by atoms with Crippen LogP contribution in [0.4, 0.5) is 0 Å². The number of methoxy groups -OCH3 is 1. The number of hydrogen-bond acceptors (Lipinski definition) is 3. The summed E-state index contributed by atoms with van der Waals surface area (Å²) in [6.07, 6.45) is 1.67. The molecule has 0 aliphatic rings. The van der Waals surface area contributed by atoms with Crippen LogP contribution in [0.15, 0.2) is 30.5 Å². The lowest BCUT2D eigenvalue weighted by Crippen LogP contribution is -2.01. The molecule has 1 aromatic carbocycles. The number of benzene rings is 1. The number of carbonyl (C=O) groups excluding carboxylic acids is 1. The zero-order valence-corrected chi connectivity index (χ0v) is 10.1. The topological polar surface area (TPSA) is 44.1 Å². The molecule has 0 aliphatic carbocycles. The van der Waals surface area contributed by atoms with Gasteiger partial charge in [-0.3, -0.25) is 4.68 Å². The molecule has 1 heterocycles. The van der Waals surface area contributed by atoms with Crippen molar-refractivity contribution in [3.63, 3.8) is 0 Å². The standard InChI is InChI=1S/C13H14N2O2/c1-9-4-6-10(7-5-9)12-11(13(16)17-3)8-15(2)14-12/h4-8H,1-3H3. The molecular weight excluding hydrogens is 216 g/mol. The minimum absolute atomic E-state index is 0.367. The van der Waals surface area contributed by atoms with E-state index in [9.17, 15) is 4.79 Å². The molecule has 0 radical (unpaired) electrons. The maximum atomic E-state index is 11.6. The van der Waals surface area contributed by atoms with Crippen LogP contribution in [0.3, 0.4) is 0 Å². The van der Waals surface area contributed by atoms with Crippen molar-refractivity contribution in [2.24, 2.45) is 7.05 Å². The first kappa shape index (κ1) is 11.4. The predicted molar refractivity (Wildman–Crippen MR) is 64.7 cm³/mol. The molecule has 4 heteroatoms. The summed E-state index contributed by atoms with van der Waals surface area (Å²) >= 11 is 0. The second-order valence-corrected chi connectivity index (χ2v) is 3.92. The third-order valence-electron chi connectivity index (χ3n) is 2.56. The minimum atomic E-state index is -0.367. The van der Waals surface area contributed by atoms with Crippen molar-refractivity contribution in [1.82, 2.24) is 9.78 Å². The third-order valence-corrected chi connectivity index (χ3v) is 2.56. The van der Waals surface area contributed by atoms with Crippen molar-refractivity contribution < 1.29 is 9.53 Å². The highest BCUT2D eigenvalue weighted by atomic mass is 16.5. The van der Waals surface area contributed by atoms with E-state index in [1.54, 1.807) is 17.9 Å². The third kappa shape index (κ3) is 2.20. The molecule has 0 N–H and O–H groups in total. The number of carbonyl (C=O) groups is 1. The molecule has 0 spiro atoms. The van der Waals surface area contributed by atoms with E-state index < -0.39 is 0 Å². The Morgan fingerprint density at radius 1 is 1.29 bits per heavy atom. The van der Waals surface area contributed by atoms with Crippen molar-refractivity contribution >= 4 is 5.97 Å². The summed E-state index contributed by atoms with van der Waals surface area (Å²) < 4.78 is 6.36. The fourth-order valence-corrected chi connectivity index (χ4v) is 1.67. The van der Waals surface area contributed by atoms with Gasteiger partial charge in [0.15, 0.2) is 0 Å². The van der Waals surface area contributed by atoms with Crippen LogP contribution in [0.1, 0.15) is 15.9 Å². The number of ether oxygens (including phenoxy) is 1. The Hall–Kier alpha value is -2.10. The Balaban J connectivity index is 2.51. The molecule has 0 aliphatic heterocycles. The van der Waals surface area contributed by atoms with Gasteiger partial charge >= 0.3 is 5.97 Å². The molecule has 0 fully saturated rings. The summed E-state index contributed by atoms with van der Waals surface area (Å²) in [5.41, 5.74) is 3.22. The summed E-state index contributed by atoms with van der Waals surface area (Å²) in [6, 6.07) is 7.88. The molecule has 0 amide bonds. The van der Waals surface area contributed by atoms with Gasteiger partial charge < -0.3 is 4.74 Å². The Morgan fingerprint density at radius 2 is 1.94 bits per heavy atom. The molecule has 4 nitrogen and oxygen atoms in total. The summed E-state index contributed by atoms with van der Waals surface area (Å²) in [4.78, 5) is 11.6. The van der Waals surface area contributed by atoms with Gasteiger partial charge in [-0.25, -0.2) is 4.79 Å². The van der Waals surface area contributed by atoms with Crippen LogP contribution in [-0.4, -0.2) is 22.9 Å². The fourth-order valence-electron chi connectivity index (χ4n) is 1.67. The van der Waals surface area contributed by atoms with Gasteiger partial charge in [0.1, 0.15) is 11.3 Å². The molecule has 0 saturated carbocycles. The van der Waals surface area contributed by atoms with E-state index in [2.05, 4.69) is 5.10 Å². The van der Waals surface area contributed by atoms with Gasteiger partial charge in [0, 0.05) is 18.8 Å². The van der Waals surface area contributed by atoms with Gasteiger partial charge in [-0.05, 0) is 6.92 Å². The van der Waals surface area contributed by atoms with E-state index in [0.717, 1.165) is 5.56 Å². The van der Waals surface area contributed by atoms with Crippen LogP contribution in [0.25, 0.3) is 11.3 Å². The van der Waals surface area contributed by atoms with Gasteiger partial charge in [-0.2, -0.15) is 5.10 Å². The van der Waals surface area contributed by atoms with Gasteiger partial charge in [0.25, 0.3) is 0 Å². The van der Waals surface area contributed by atoms with E-state index in [4.69, 9.17) is 4.74 Å². The van der Waals surface area contributed by atoms with E-state index in [0.29, 0.717) is 11.3 Å². The molecule has 2 rings (SSSR count). The van der Waals surface area contributed by atoms with E-state index in [-0.39, 0.29) is 5.97 Å². The predicted octanol–water partition coefficient (Wildman–Crippen LogP) is 2.18. The van der Waals surface area contributed by atoms with Crippen molar-refractivity contribution in [1.29, 1.82) is 0 Å². The van der Waals surface area contributed by atoms with Gasteiger partial charge in [0.05, 0.1) is 7.11 Å². The first-order valence-corrected chi connectivity index (χ1v) is 5.31. The molecule has 2 aromatic rings. The number of esters is 1. The maximum absolute atomic E-state index is 11.6. The van der Waals surface area contributed by atoms with E-state index in [1.165, 1.54) is 12.7 Å². The zero-order valence-electron chi connectivity index (χ0n) is 10.1. The Kier molecular flexibility index (Phi) is 2.95. The number of hydrogen-bond donors (Lipinski definition) is 0. The van der Waals surface area contributed by atoms with E-state index >= 15 is 0 Å². The largest absolute Gasteiger partial charge is 0.465 e. The van der Waals surface area contributed by atoms with Crippen LogP contribution in [0.2, 0.25) is 0 Å². The SMILES string of the molecule is COC(=O)c1cn(C)nc1-c1ccc(C)cc1. The van der Waals surface area contributed by atoms with Crippen LogP contribution in [0.5, 0.6) is 0 Å². The van der Waals surface area contributed by atoms with Crippen LogP contribution >= 0.6 is 0 Å². The van der Waals surface area contributed by atoms with Crippen molar-refractivity contribution in [2.75, 3.05) is 7.11 Å². The number of nitrogens with zero attached hydrogens (tertiary/aromatic N) is 2. The Bertz CT molecular complexity index is 541. The highest BCUT2D eigenvalue weighted by Crippen LogP contribution is 2.22. The monoisotopic (exact) mass is 230 g/mol. The average Bonchev–Trinajstić information content (AvgIpc) is 2.71. The molecule has 1 aromatic heterocycles. The van der Waals surface area contributed by atoms with Crippen LogP contribution < -0.4 is 0 Å². The van der Waals surface area contributed by atoms with Gasteiger partial charge in [0.2, 0.25) is 0 Å². The van der Waals surface area contributed by atoms with Gasteiger partial charge in [-0.1, -0.05) is 29.8 Å². The highest BCUT2D eigenvalue weighted by Gasteiger charge is 2.17. The first-order chi connectivity index (χ1) is 8.11. The second-order valence-electron chi connectivity index (χ2n) is 3.92. The normalized spacial score (nSPS) is 10.3. The highest BCUT2D eigenvalue weighted by molar-refractivity contribution is 5.95. The molecule has 0 unspecified atom stereocenters. The second kappa shape index (κ2) is 4.41. The summed E-state index contributed by atoms with van der Waals surface area (Å²) in [5, 5.41) is 4.30. The lowest BCUT2D eigenvalue weighted by atomic mass is 10.1. The average molecular weight is 230 g/mol. The smallest absolute Gasteiger partial charge is 0.341 e. The fraction of sp³-hybridized carbons (Fsp3) is 0.231. The van der Waals surface area contributed by atoms with Gasteiger partial charge in [-0.15, -0.1) is 0 Å². The molecule has 88 valence electrons. The summed E-state index contributed by atoms with van der Waals surface area (Å²) in [6.45, 7) is 2.02. The quantitative estimate of drug-likeness (QED) is 0.743. The van der Waals surface area contributed by atoms with E-state index in [1.807, 2.05) is 31.2 Å². The maximum Gasteiger partial charge on any atom is 0.341 e. The van der Waals surface area contributed by atoms with Crippen LogP contribution in [-0.2, 0) is 11.8 Å². The van der Waals surface area contributed by atoms with Crippen LogP contribution in [0, 0.1) is 6.92 Å². The molecule has 0 atom stereocenters. The lowest BCUT2D eigenvalue weighted by Gasteiger charge is -2.01. The summed E-state index contributed by atoms with van der Waals surface area (Å²) in [5.74, 6) is -0.367. The summed E-state index contributed by atoms with van der Waals surface area (Å²) in [7, 11) is 3.15. The molecule has 17 heavy (non-hydrogen) atoms. The Labute approximate surface area is 99.8 Å². The lowest BCUT2D eigenvalue weighted by molar-refractivity contribution is 0.0601. The number of aromatic nitrogens is 2. The van der Waals surface area contributed by atoms with Crippen molar-refractivity contribution in [2.45, 2.75) is 6.92 Å². The minimum Gasteiger partial charge on any atom is -0.465 e. The molecule has 0 saturated heterocycles. The molecule has 0 bridgehead atoms. The van der Waals surface area contributed by atoms with Crippen molar-refractivity contribution in [3.8, 4) is 11.3 Å². The zero-order chi connectivity index (χ0) is 12.4. The number of rotatable bonds is 2. The molecular formula is C13H14N2O2. The first-order valence-electron chi connectivity index (χ1n) is 5.31. The number of aryl methyl sites for hydroxylation is 2.